The molecule has 8 nitrogen and oxygen atoms in total. The fourth-order valence-electron chi connectivity index (χ4n) is 8.27. The Morgan fingerprint density at radius 3 is 2.51 bits per heavy atom. The Morgan fingerprint density at radius 2 is 1.79 bits per heavy atom. The Bertz CT molecular complexity index is 1630. The quantitative estimate of drug-likeness (QED) is 0.244. The SMILES string of the molecule is C[C@]12CC[C@@H]3c4ccc(O)cc4CC[C@H]3[C@@H]1[C@@H](O)[C@@H](O)[C@@H]2O.Cn1c(C#N)ccc1-c1ccc2c(c1)C(C)(C)OC(=S)N2. The molecule has 0 unspecified atom stereocenters. The molecule has 0 amide bonds. The second kappa shape index (κ2) is 10.6. The van der Waals surface area contributed by atoms with Crippen molar-refractivity contribution >= 4 is 23.1 Å². The first-order chi connectivity index (χ1) is 20.4. The molecule has 43 heavy (non-hydrogen) atoms. The summed E-state index contributed by atoms with van der Waals surface area (Å²) in [7, 11) is 1.89. The van der Waals surface area contributed by atoms with Gasteiger partial charge in [0.2, 0.25) is 0 Å². The fourth-order valence-corrected chi connectivity index (χ4v) is 8.59. The number of phenolic OH excluding ortho intramolecular Hbond substituents is 1. The van der Waals surface area contributed by atoms with Crippen molar-refractivity contribution in [2.24, 2.45) is 24.3 Å². The lowest BCUT2D eigenvalue weighted by atomic mass is 9.55. The van der Waals surface area contributed by atoms with Crippen LogP contribution in [0.3, 0.4) is 0 Å². The normalized spacial score (nSPS) is 31.5. The maximum absolute atomic E-state index is 10.5. The van der Waals surface area contributed by atoms with Gasteiger partial charge in [0.15, 0.2) is 0 Å². The molecular weight excluding hydrogens is 562 g/mol. The van der Waals surface area contributed by atoms with E-state index in [2.05, 4.69) is 17.5 Å². The molecule has 0 bridgehead atoms. The van der Waals surface area contributed by atoms with E-state index in [0.717, 1.165) is 48.2 Å². The molecule has 7 rings (SSSR count). The minimum Gasteiger partial charge on any atom is -0.508 e. The van der Waals surface area contributed by atoms with Gasteiger partial charge in [0, 0.05) is 29.4 Å². The minimum absolute atomic E-state index is 0.0572. The molecule has 3 aromatic rings. The Kier molecular flexibility index (Phi) is 7.33. The number of aromatic hydroxyl groups is 1. The summed E-state index contributed by atoms with van der Waals surface area (Å²) in [4.78, 5) is 0. The van der Waals surface area contributed by atoms with Gasteiger partial charge in [-0.25, -0.2) is 0 Å². The van der Waals surface area contributed by atoms with Crippen LogP contribution in [0.15, 0.2) is 48.5 Å². The maximum atomic E-state index is 10.5. The third-order valence-corrected chi connectivity index (χ3v) is 10.7. The Balaban J connectivity index is 0.000000153. The molecule has 2 heterocycles. The number of anilines is 1. The van der Waals surface area contributed by atoms with Crippen LogP contribution in [-0.4, -0.2) is 48.5 Å². The number of phenols is 1. The van der Waals surface area contributed by atoms with Crippen LogP contribution in [0, 0.1) is 28.6 Å². The van der Waals surface area contributed by atoms with Gasteiger partial charge in [-0.15, -0.1) is 0 Å². The lowest BCUT2D eigenvalue weighted by Gasteiger charge is -2.50. The van der Waals surface area contributed by atoms with E-state index in [9.17, 15) is 20.4 Å². The smallest absolute Gasteiger partial charge is 0.262 e. The minimum atomic E-state index is -1.03. The molecule has 4 aliphatic rings. The van der Waals surface area contributed by atoms with E-state index >= 15 is 0 Å². The van der Waals surface area contributed by atoms with Crippen molar-refractivity contribution in [3.05, 3.63) is 70.9 Å². The molecule has 1 aromatic heterocycles. The van der Waals surface area contributed by atoms with Crippen LogP contribution in [0.5, 0.6) is 5.75 Å². The number of aryl methyl sites for hydroxylation is 1. The summed E-state index contributed by atoms with van der Waals surface area (Å²) in [6.45, 7) is 6.01. The van der Waals surface area contributed by atoms with Crippen LogP contribution in [0.1, 0.15) is 68.3 Å². The van der Waals surface area contributed by atoms with Gasteiger partial charge in [-0.05, 0) is 123 Å². The average molecular weight is 602 g/mol. The largest absolute Gasteiger partial charge is 0.508 e. The summed E-state index contributed by atoms with van der Waals surface area (Å²) in [6, 6.07) is 17.7. The molecule has 1 aliphatic heterocycles. The Morgan fingerprint density at radius 1 is 1.02 bits per heavy atom. The van der Waals surface area contributed by atoms with E-state index in [1.54, 1.807) is 6.07 Å². The number of hydrogen-bond acceptors (Lipinski definition) is 7. The zero-order valence-corrected chi connectivity index (χ0v) is 25.7. The van der Waals surface area contributed by atoms with Crippen molar-refractivity contribution in [2.75, 3.05) is 5.32 Å². The van der Waals surface area contributed by atoms with E-state index in [0.29, 0.717) is 22.5 Å². The van der Waals surface area contributed by atoms with E-state index in [4.69, 9.17) is 22.2 Å². The van der Waals surface area contributed by atoms with Gasteiger partial charge in [-0.2, -0.15) is 5.26 Å². The van der Waals surface area contributed by atoms with Gasteiger partial charge in [0.25, 0.3) is 5.17 Å². The number of ether oxygens (including phenoxy) is 1. The van der Waals surface area contributed by atoms with Gasteiger partial charge in [0.05, 0.1) is 12.2 Å². The van der Waals surface area contributed by atoms with Gasteiger partial charge < -0.3 is 35.0 Å². The molecule has 5 N–H and O–H groups in total. The van der Waals surface area contributed by atoms with Gasteiger partial charge >= 0.3 is 0 Å². The van der Waals surface area contributed by atoms with Gasteiger partial charge in [-0.3, -0.25) is 0 Å². The number of aliphatic hydroxyl groups is 3. The van der Waals surface area contributed by atoms with Crippen molar-refractivity contribution < 1.29 is 25.2 Å². The van der Waals surface area contributed by atoms with Gasteiger partial charge in [0.1, 0.15) is 29.2 Å². The fraction of sp³-hybridized carbons (Fsp3) is 0.471. The van der Waals surface area contributed by atoms with Crippen LogP contribution in [0.4, 0.5) is 5.69 Å². The molecule has 2 saturated carbocycles. The predicted molar refractivity (Wildman–Crippen MR) is 167 cm³/mol. The molecule has 2 fully saturated rings. The summed E-state index contributed by atoms with van der Waals surface area (Å²) >= 11 is 5.12. The predicted octanol–water partition coefficient (Wildman–Crippen LogP) is 5.08. The number of thiocarbonyl (C=S) groups is 1. The van der Waals surface area contributed by atoms with Gasteiger partial charge in [-0.1, -0.05) is 19.1 Å². The highest BCUT2D eigenvalue weighted by Crippen LogP contribution is 2.61. The highest BCUT2D eigenvalue weighted by Gasteiger charge is 2.62. The summed E-state index contributed by atoms with van der Waals surface area (Å²) in [5, 5.41) is 53.3. The topological polar surface area (TPSA) is 131 Å². The molecule has 9 heteroatoms. The standard InChI is InChI=1S/C18H24O4.C16H15N3OS/c1-18-7-6-12-11-5-3-10(19)8-9(11)2-4-13(12)14(18)15(20)16(21)17(18)22;1-16(2)12-8-10(4-6-13(12)18-15(21)20-16)14-7-5-11(9-17)19(14)3/h3,5,8,12-17,19-22H,2,4,6-7H2,1H3;4-8H,1-3H3,(H,18,21)/t12-,13-,14-,15-,16-,17+,18+;/m1./s1. The molecule has 0 spiro atoms. The lowest BCUT2D eigenvalue weighted by Crippen LogP contribution is -2.46. The summed E-state index contributed by atoms with van der Waals surface area (Å²) in [6.07, 6.45) is 0.894. The van der Waals surface area contributed by atoms with Crippen LogP contribution in [-0.2, 0) is 23.8 Å². The molecule has 7 atom stereocenters. The first-order valence-corrected chi connectivity index (χ1v) is 15.3. The molecule has 2 aromatic carbocycles. The third-order valence-electron chi connectivity index (χ3n) is 10.5. The first-order valence-electron chi connectivity index (χ1n) is 14.9. The maximum Gasteiger partial charge on any atom is 0.262 e. The molecule has 0 radical (unpaired) electrons. The molecule has 3 aliphatic carbocycles. The Labute approximate surface area is 257 Å². The zero-order chi connectivity index (χ0) is 30.8. The van der Waals surface area contributed by atoms with E-state index in [-0.39, 0.29) is 11.8 Å². The van der Waals surface area contributed by atoms with Crippen molar-refractivity contribution in [2.45, 2.75) is 76.3 Å². The summed E-state index contributed by atoms with van der Waals surface area (Å²) in [5.41, 5.74) is 6.31. The van der Waals surface area contributed by atoms with Crippen molar-refractivity contribution in [3.8, 4) is 23.1 Å². The second-order valence-corrected chi connectivity index (χ2v) is 13.6. The monoisotopic (exact) mass is 601 g/mol. The zero-order valence-electron chi connectivity index (χ0n) is 24.9. The number of aromatic nitrogens is 1. The number of hydrogen-bond donors (Lipinski definition) is 5. The number of nitrogens with zero attached hydrogens (tertiary/aromatic N) is 2. The highest BCUT2D eigenvalue weighted by atomic mass is 32.1. The van der Waals surface area contributed by atoms with E-state index in [1.165, 1.54) is 11.1 Å². The summed E-state index contributed by atoms with van der Waals surface area (Å²) < 4.78 is 7.59. The van der Waals surface area contributed by atoms with Crippen molar-refractivity contribution in [1.82, 2.24) is 4.57 Å². The van der Waals surface area contributed by atoms with E-state index in [1.807, 2.05) is 68.8 Å². The lowest BCUT2D eigenvalue weighted by molar-refractivity contribution is -0.0505. The van der Waals surface area contributed by atoms with Crippen molar-refractivity contribution in [3.63, 3.8) is 0 Å². The number of nitrogens with one attached hydrogen (secondary N) is 1. The summed E-state index contributed by atoms with van der Waals surface area (Å²) in [5.74, 6) is 0.898. The number of nitriles is 1. The molecule has 226 valence electrons. The van der Waals surface area contributed by atoms with Crippen LogP contribution >= 0.6 is 12.2 Å². The molecular formula is C34H39N3O5S. The second-order valence-electron chi connectivity index (χ2n) is 13.2. The highest BCUT2D eigenvalue weighted by molar-refractivity contribution is 7.80. The van der Waals surface area contributed by atoms with Crippen LogP contribution in [0.25, 0.3) is 11.3 Å². The Hall–Kier alpha value is -3.42. The number of fused-ring (bicyclic) bond motifs is 6. The van der Waals surface area contributed by atoms with Crippen LogP contribution in [0.2, 0.25) is 0 Å². The van der Waals surface area contributed by atoms with E-state index < -0.39 is 29.3 Å². The number of rotatable bonds is 1. The molecule has 0 saturated heterocycles. The first kappa shape index (κ1) is 29.6. The average Bonchev–Trinajstić information content (AvgIpc) is 3.42. The number of benzene rings is 2. The third kappa shape index (κ3) is 4.81. The van der Waals surface area contributed by atoms with Crippen molar-refractivity contribution in [1.29, 1.82) is 5.26 Å². The number of aliphatic hydroxyl groups excluding tert-OH is 3. The van der Waals surface area contributed by atoms with Crippen LogP contribution < -0.4 is 5.32 Å².